The highest BCUT2D eigenvalue weighted by atomic mass is 19.4. The Balaban J connectivity index is 1.93. The zero-order valence-corrected chi connectivity index (χ0v) is 16.4. The van der Waals surface area contributed by atoms with Gasteiger partial charge in [0.2, 0.25) is 5.91 Å². The van der Waals surface area contributed by atoms with Crippen molar-refractivity contribution >= 4 is 17.5 Å². The first-order valence-corrected chi connectivity index (χ1v) is 9.17. The number of carbonyl (C=O) groups excluding carboxylic acids is 2. The number of nitriles is 1. The molecule has 1 aromatic heterocycles. The molecule has 0 bridgehead atoms. The second-order valence-electron chi connectivity index (χ2n) is 6.92. The molecule has 2 amide bonds. The molecule has 1 saturated heterocycles. The Morgan fingerprint density at radius 1 is 1.23 bits per heavy atom. The molecule has 10 heteroatoms. The fourth-order valence-corrected chi connectivity index (χ4v) is 3.56. The van der Waals surface area contributed by atoms with Gasteiger partial charge in [0, 0.05) is 39.1 Å². The number of nitrogens with one attached hydrogen (secondary N) is 1. The maximum atomic E-state index is 13.4. The second-order valence-corrected chi connectivity index (χ2v) is 6.92. The Bertz CT molecular complexity index is 1010. The van der Waals surface area contributed by atoms with E-state index in [1.54, 1.807) is 36.0 Å². The SMILES string of the molecule is CNC(=O)C1CN(C(=O)c2cccn2C)CCN1c1ccc(C#N)c(C(F)(F)F)c1. The molecule has 2 aromatic rings. The molecule has 1 aliphatic rings. The Morgan fingerprint density at radius 3 is 2.53 bits per heavy atom. The fraction of sp³-hybridized carbons (Fsp3) is 0.350. The van der Waals surface area contributed by atoms with Crippen LogP contribution in [0.5, 0.6) is 0 Å². The predicted molar refractivity (Wildman–Crippen MR) is 103 cm³/mol. The zero-order valence-electron chi connectivity index (χ0n) is 16.4. The van der Waals surface area contributed by atoms with Gasteiger partial charge in [-0.15, -0.1) is 0 Å². The number of rotatable bonds is 3. The number of hydrogen-bond acceptors (Lipinski definition) is 4. The third-order valence-corrected chi connectivity index (χ3v) is 5.14. The molecule has 3 rings (SSSR count). The summed E-state index contributed by atoms with van der Waals surface area (Å²) in [7, 11) is 3.16. The van der Waals surface area contributed by atoms with Crippen LogP contribution < -0.4 is 10.2 Å². The number of anilines is 1. The first-order valence-electron chi connectivity index (χ1n) is 9.17. The van der Waals surface area contributed by atoms with Crippen LogP contribution >= 0.6 is 0 Å². The Morgan fingerprint density at radius 2 is 1.97 bits per heavy atom. The lowest BCUT2D eigenvalue weighted by atomic mass is 10.0. The Hall–Kier alpha value is -3.48. The molecule has 1 aromatic carbocycles. The average molecular weight is 419 g/mol. The molecule has 0 aliphatic carbocycles. The van der Waals surface area contributed by atoms with Crippen molar-refractivity contribution in [2.45, 2.75) is 12.2 Å². The summed E-state index contributed by atoms with van der Waals surface area (Å²) in [6.07, 6.45) is -2.97. The minimum atomic E-state index is -4.70. The second kappa shape index (κ2) is 8.10. The van der Waals surface area contributed by atoms with E-state index in [9.17, 15) is 22.8 Å². The maximum Gasteiger partial charge on any atom is 0.417 e. The van der Waals surface area contributed by atoms with Crippen LogP contribution in [-0.2, 0) is 18.0 Å². The lowest BCUT2D eigenvalue weighted by Gasteiger charge is -2.42. The topological polar surface area (TPSA) is 81.4 Å². The van der Waals surface area contributed by atoms with Gasteiger partial charge in [0.1, 0.15) is 11.7 Å². The number of aryl methyl sites for hydroxylation is 1. The predicted octanol–water partition coefficient (Wildman–Crippen LogP) is 1.99. The van der Waals surface area contributed by atoms with Crippen LogP contribution in [0.2, 0.25) is 0 Å². The van der Waals surface area contributed by atoms with Gasteiger partial charge in [-0.2, -0.15) is 18.4 Å². The van der Waals surface area contributed by atoms with Crippen LogP contribution in [0.1, 0.15) is 21.6 Å². The number of piperazine rings is 1. The van der Waals surface area contributed by atoms with E-state index in [-0.39, 0.29) is 31.2 Å². The molecule has 1 unspecified atom stereocenters. The maximum absolute atomic E-state index is 13.4. The first-order chi connectivity index (χ1) is 14.2. The van der Waals surface area contributed by atoms with Gasteiger partial charge in [-0.05, 0) is 30.3 Å². The summed E-state index contributed by atoms with van der Waals surface area (Å²) in [6.45, 7) is 0.418. The van der Waals surface area contributed by atoms with Crippen LogP contribution in [-0.4, -0.2) is 54.0 Å². The van der Waals surface area contributed by atoms with E-state index in [1.165, 1.54) is 22.9 Å². The van der Waals surface area contributed by atoms with Crippen molar-refractivity contribution in [1.82, 2.24) is 14.8 Å². The number of carbonyl (C=O) groups is 2. The zero-order chi connectivity index (χ0) is 22.1. The summed E-state index contributed by atoms with van der Waals surface area (Å²) in [4.78, 5) is 28.4. The molecule has 1 N–H and O–H groups in total. The van der Waals surface area contributed by atoms with Crippen LogP contribution in [0.25, 0.3) is 0 Å². The highest BCUT2D eigenvalue weighted by Gasteiger charge is 2.38. The van der Waals surface area contributed by atoms with Gasteiger partial charge < -0.3 is 19.7 Å². The van der Waals surface area contributed by atoms with Gasteiger partial charge in [-0.25, -0.2) is 0 Å². The molecule has 1 aliphatic heterocycles. The van der Waals surface area contributed by atoms with E-state index in [1.807, 2.05) is 0 Å². The average Bonchev–Trinajstić information content (AvgIpc) is 3.16. The van der Waals surface area contributed by atoms with Gasteiger partial charge in [-0.1, -0.05) is 0 Å². The van der Waals surface area contributed by atoms with Crippen molar-refractivity contribution < 1.29 is 22.8 Å². The summed E-state index contributed by atoms with van der Waals surface area (Å²) >= 11 is 0. The largest absolute Gasteiger partial charge is 0.417 e. The Labute approximate surface area is 171 Å². The number of likely N-dealkylation sites (N-methyl/N-ethyl adjacent to an activating group) is 1. The molecular formula is C20H20F3N5O2. The third kappa shape index (κ3) is 3.96. The van der Waals surface area contributed by atoms with E-state index in [0.717, 1.165) is 12.1 Å². The highest BCUT2D eigenvalue weighted by molar-refractivity contribution is 5.94. The van der Waals surface area contributed by atoms with E-state index >= 15 is 0 Å². The molecular weight excluding hydrogens is 399 g/mol. The van der Waals surface area contributed by atoms with E-state index in [2.05, 4.69) is 5.32 Å². The number of aromatic nitrogens is 1. The quantitative estimate of drug-likeness (QED) is 0.825. The van der Waals surface area contributed by atoms with Crippen LogP contribution in [0, 0.1) is 11.3 Å². The normalized spacial score (nSPS) is 16.9. The van der Waals surface area contributed by atoms with E-state index in [0.29, 0.717) is 5.69 Å². The van der Waals surface area contributed by atoms with E-state index < -0.39 is 29.3 Å². The molecule has 1 fully saturated rings. The van der Waals surface area contributed by atoms with Gasteiger partial charge >= 0.3 is 6.18 Å². The van der Waals surface area contributed by atoms with Crippen molar-refractivity contribution in [1.29, 1.82) is 5.26 Å². The number of alkyl halides is 3. The first kappa shape index (κ1) is 21.2. The Kier molecular flexibility index (Phi) is 5.73. The number of nitrogens with zero attached hydrogens (tertiary/aromatic N) is 4. The molecule has 0 saturated carbocycles. The highest BCUT2D eigenvalue weighted by Crippen LogP contribution is 2.35. The van der Waals surface area contributed by atoms with Crippen LogP contribution in [0.4, 0.5) is 18.9 Å². The molecule has 2 heterocycles. The lowest BCUT2D eigenvalue weighted by Crippen LogP contribution is -2.60. The molecule has 0 radical (unpaired) electrons. The number of hydrogen-bond donors (Lipinski definition) is 1. The third-order valence-electron chi connectivity index (χ3n) is 5.14. The summed E-state index contributed by atoms with van der Waals surface area (Å²) in [5.74, 6) is -0.677. The minimum Gasteiger partial charge on any atom is -0.357 e. The van der Waals surface area contributed by atoms with Gasteiger partial charge in [-0.3, -0.25) is 9.59 Å². The number of benzene rings is 1. The van der Waals surface area contributed by atoms with Gasteiger partial charge in [0.05, 0.1) is 23.7 Å². The molecule has 7 nitrogen and oxygen atoms in total. The lowest BCUT2D eigenvalue weighted by molar-refractivity contribution is -0.137. The number of halogens is 3. The van der Waals surface area contributed by atoms with Crippen molar-refractivity contribution in [2.24, 2.45) is 7.05 Å². The summed E-state index contributed by atoms with van der Waals surface area (Å²) < 4.78 is 41.8. The summed E-state index contributed by atoms with van der Waals surface area (Å²) in [5.41, 5.74) is -0.918. The van der Waals surface area contributed by atoms with E-state index in [4.69, 9.17) is 5.26 Å². The van der Waals surface area contributed by atoms with Crippen molar-refractivity contribution in [2.75, 3.05) is 31.6 Å². The van der Waals surface area contributed by atoms with Crippen molar-refractivity contribution in [3.63, 3.8) is 0 Å². The number of amides is 2. The van der Waals surface area contributed by atoms with Gasteiger partial charge in [0.25, 0.3) is 5.91 Å². The molecule has 0 spiro atoms. The van der Waals surface area contributed by atoms with Gasteiger partial charge in [0.15, 0.2) is 0 Å². The summed E-state index contributed by atoms with van der Waals surface area (Å²) in [6, 6.07) is 7.44. The minimum absolute atomic E-state index is 0.0189. The van der Waals surface area contributed by atoms with Crippen LogP contribution in [0.3, 0.4) is 0 Å². The molecule has 1 atom stereocenters. The van der Waals surface area contributed by atoms with Crippen molar-refractivity contribution in [3.8, 4) is 6.07 Å². The molecule has 158 valence electrons. The van der Waals surface area contributed by atoms with Crippen LogP contribution in [0.15, 0.2) is 36.5 Å². The summed E-state index contributed by atoms with van der Waals surface area (Å²) in [5, 5.41) is 11.5. The molecule has 30 heavy (non-hydrogen) atoms. The smallest absolute Gasteiger partial charge is 0.357 e. The standard InChI is InChI=1S/C20H20F3N5O2/c1-25-18(29)17-12-27(19(30)16-4-3-7-26(16)2)8-9-28(17)14-6-5-13(11-24)15(10-14)20(21,22)23/h3-7,10,17H,8-9,12H2,1-2H3,(H,25,29). The van der Waals surface area contributed by atoms with Crippen molar-refractivity contribution in [3.05, 3.63) is 53.3 Å². The fourth-order valence-electron chi connectivity index (χ4n) is 3.56. The monoisotopic (exact) mass is 419 g/mol.